The van der Waals surface area contributed by atoms with E-state index in [0.717, 1.165) is 31.4 Å². The highest BCUT2D eigenvalue weighted by atomic mass is 127. The molecule has 2 aliphatic heterocycles. The molecule has 57 heavy (non-hydrogen) atoms. The first-order valence-electron chi connectivity index (χ1n) is 19.9. The molecule has 5 rings (SSSR count). The maximum absolute atomic E-state index is 14.4. The van der Waals surface area contributed by atoms with Crippen LogP contribution in [0, 0.1) is 23.7 Å². The van der Waals surface area contributed by atoms with Gasteiger partial charge in [0.2, 0.25) is 0 Å². The third-order valence-electron chi connectivity index (χ3n) is 12.2. The Kier molecular flexibility index (Phi) is 16.0. The number of anilines is 1. The van der Waals surface area contributed by atoms with E-state index in [2.05, 4.69) is 62.0 Å². The number of halogens is 4. The van der Waals surface area contributed by atoms with E-state index in [4.69, 9.17) is 46.9 Å². The average molecular weight is 1060 g/mol. The van der Waals surface area contributed by atoms with Gasteiger partial charge in [-0.25, -0.2) is 4.79 Å². The number of hydrogen-bond donors (Lipinski definition) is 0. The summed E-state index contributed by atoms with van der Waals surface area (Å²) in [6, 6.07) is 5.12. The number of Topliss-reactive ketones (excluding diaryl/α,β-unsaturated/α-hetero) is 1. The lowest BCUT2D eigenvalue weighted by Crippen LogP contribution is -2.56. The molecular weight excluding hydrogens is 999 g/mol. The van der Waals surface area contributed by atoms with Gasteiger partial charge in [0.15, 0.2) is 21.2 Å². The van der Waals surface area contributed by atoms with Gasteiger partial charge in [-0.1, -0.05) is 73.5 Å². The van der Waals surface area contributed by atoms with Crippen molar-refractivity contribution in [2.75, 3.05) is 32.2 Å². The van der Waals surface area contributed by atoms with Crippen LogP contribution in [0.15, 0.2) is 30.6 Å². The van der Waals surface area contributed by atoms with Crippen LogP contribution in [-0.2, 0) is 30.3 Å². The highest BCUT2D eigenvalue weighted by Gasteiger charge is 2.59. The van der Waals surface area contributed by atoms with E-state index in [9.17, 15) is 14.4 Å². The summed E-state index contributed by atoms with van der Waals surface area (Å²) in [5, 5.41) is 0.877. The van der Waals surface area contributed by atoms with Gasteiger partial charge >= 0.3 is 12.1 Å². The minimum absolute atomic E-state index is 0.00606. The Balaban J connectivity index is 1.46. The number of benzene rings is 1. The van der Waals surface area contributed by atoms with Gasteiger partial charge < -0.3 is 33.5 Å². The van der Waals surface area contributed by atoms with Crippen LogP contribution in [0.3, 0.4) is 0 Å². The normalized spacial score (nSPS) is 31.7. The van der Waals surface area contributed by atoms with Crippen LogP contribution in [0.2, 0.25) is 10.0 Å². The molecule has 1 aromatic heterocycles. The lowest BCUT2D eigenvalue weighted by molar-refractivity contribution is -0.158. The van der Waals surface area contributed by atoms with Crippen LogP contribution in [0.25, 0.3) is 0 Å². The second-order valence-electron chi connectivity index (χ2n) is 16.5. The lowest BCUT2D eigenvalue weighted by atomic mass is 9.76. The third kappa shape index (κ3) is 10.6. The van der Waals surface area contributed by atoms with Crippen molar-refractivity contribution in [2.24, 2.45) is 23.7 Å². The molecule has 3 aliphatic rings. The SMILES string of the molecule is COc1ccc(N(CCCN2C(=O)O[C@]3(C)[C@@H](I)OC(=O)[C@H](C)C(I)[C@H](C)C[C@](C)(OC)C[C@@H](C)C(=O)[C@H](C)[C@@H]23)Cc2c(Cl)cncc2Cl)cc1OC1CCCC1. The second kappa shape index (κ2) is 19.7. The van der Waals surface area contributed by atoms with Gasteiger partial charge in [0, 0.05) is 72.2 Å². The Bertz CT molecular complexity index is 1730. The fourth-order valence-corrected chi connectivity index (χ4v) is 10.7. The van der Waals surface area contributed by atoms with E-state index in [1.54, 1.807) is 38.4 Å². The Morgan fingerprint density at radius 1 is 0.965 bits per heavy atom. The van der Waals surface area contributed by atoms with E-state index in [1.165, 1.54) is 0 Å². The number of pyridine rings is 1. The molecule has 1 aromatic carbocycles. The quantitative estimate of drug-likeness (QED) is 0.122. The molecule has 9 atom stereocenters. The van der Waals surface area contributed by atoms with Crippen molar-refractivity contribution in [3.05, 3.63) is 46.2 Å². The molecule has 1 amide bonds. The molecule has 15 heteroatoms. The molecular formula is C42H57Cl2I2N3O8. The Hall–Kier alpha value is -1.82. The number of methoxy groups -OCH3 is 2. The highest BCUT2D eigenvalue weighted by molar-refractivity contribution is 14.1. The summed E-state index contributed by atoms with van der Waals surface area (Å²) in [5.41, 5.74) is -0.349. The first-order valence-corrected chi connectivity index (χ1v) is 23.1. The van der Waals surface area contributed by atoms with Crippen molar-refractivity contribution in [3.8, 4) is 11.5 Å². The molecule has 316 valence electrons. The second-order valence-corrected chi connectivity index (χ2v) is 19.9. The zero-order valence-electron chi connectivity index (χ0n) is 34.2. The summed E-state index contributed by atoms with van der Waals surface area (Å²) in [7, 11) is 3.30. The molecule has 3 fully saturated rings. The topological polar surface area (TPSA) is 117 Å². The third-order valence-corrected chi connectivity index (χ3v) is 16.6. The number of fused-ring (bicyclic) bond motifs is 1. The molecule has 1 unspecified atom stereocenters. The largest absolute Gasteiger partial charge is 0.493 e. The molecule has 3 heterocycles. The van der Waals surface area contributed by atoms with E-state index < -0.39 is 39.3 Å². The first kappa shape index (κ1) is 46.2. The number of carbonyl (C=O) groups is 3. The van der Waals surface area contributed by atoms with Gasteiger partial charge in [-0.3, -0.25) is 14.6 Å². The number of nitrogens with zero attached hydrogens (tertiary/aromatic N) is 3. The van der Waals surface area contributed by atoms with Gasteiger partial charge in [0.25, 0.3) is 0 Å². The minimum Gasteiger partial charge on any atom is -0.493 e. The molecule has 2 aromatic rings. The number of rotatable bonds is 11. The van der Waals surface area contributed by atoms with Gasteiger partial charge in [0.1, 0.15) is 5.78 Å². The standard InChI is InChI=1S/C42H57Cl2I2N3O8/c1-24-19-41(5,54-8)20-25(2)36(50)27(4)37-42(6,39(46)56-38(51)26(3)35(24)45)57-40(52)49(37)17-11-16-48(23-30-31(43)21-47-22-32(30)44)28-14-15-33(53-7)34(18-28)55-29-12-9-10-13-29/h14-15,18,21-22,24-27,29,35,37,39H,9-13,16-17,19-20,23H2,1-8H3/t24-,25-,26-,27+,35?,37-,39+,41+,42+/m1/s1. The summed E-state index contributed by atoms with van der Waals surface area (Å²) in [6.07, 6.45) is 8.59. The van der Waals surface area contributed by atoms with Crippen molar-refractivity contribution < 1.29 is 38.1 Å². The molecule has 0 bridgehead atoms. The first-order chi connectivity index (χ1) is 26.9. The molecule has 0 radical (unpaired) electrons. The number of ether oxygens (including phenoxy) is 5. The number of alkyl halides is 2. The molecule has 2 saturated heterocycles. The lowest BCUT2D eigenvalue weighted by Gasteiger charge is -2.41. The van der Waals surface area contributed by atoms with Gasteiger partial charge in [-0.15, -0.1) is 0 Å². The van der Waals surface area contributed by atoms with Crippen LogP contribution in [0.5, 0.6) is 11.5 Å². The van der Waals surface area contributed by atoms with Crippen LogP contribution >= 0.6 is 68.4 Å². The van der Waals surface area contributed by atoms with Crippen molar-refractivity contribution in [2.45, 2.75) is 124 Å². The summed E-state index contributed by atoms with van der Waals surface area (Å²) in [5.74, 6) is -0.427. The Labute approximate surface area is 375 Å². The van der Waals surface area contributed by atoms with Gasteiger partial charge in [-0.05, 0) is 99.4 Å². The molecule has 0 N–H and O–H groups in total. The average Bonchev–Trinajstić information content (AvgIpc) is 3.78. The number of hydrogen-bond acceptors (Lipinski definition) is 10. The minimum atomic E-state index is -1.32. The summed E-state index contributed by atoms with van der Waals surface area (Å²) in [4.78, 5) is 50.1. The van der Waals surface area contributed by atoms with Crippen LogP contribution in [0.1, 0.15) is 92.1 Å². The van der Waals surface area contributed by atoms with Crippen molar-refractivity contribution >= 4 is 91.9 Å². The van der Waals surface area contributed by atoms with Crippen LogP contribution in [0.4, 0.5) is 10.5 Å². The van der Waals surface area contributed by atoms with E-state index >= 15 is 0 Å². The number of cyclic esters (lactones) is 1. The molecule has 11 nitrogen and oxygen atoms in total. The number of ketones is 1. The summed E-state index contributed by atoms with van der Waals surface area (Å²) >= 11 is 17.7. The Morgan fingerprint density at radius 2 is 1.63 bits per heavy atom. The fraction of sp³-hybridized carbons (Fsp3) is 0.667. The zero-order chi connectivity index (χ0) is 41.8. The summed E-state index contributed by atoms with van der Waals surface area (Å²) in [6.45, 7) is 12.7. The van der Waals surface area contributed by atoms with Crippen LogP contribution in [-0.4, -0.2) is 86.4 Å². The van der Waals surface area contributed by atoms with E-state index in [-0.39, 0.29) is 40.2 Å². The van der Waals surface area contributed by atoms with E-state index in [0.29, 0.717) is 59.5 Å². The molecule has 1 saturated carbocycles. The van der Waals surface area contributed by atoms with Crippen molar-refractivity contribution in [1.29, 1.82) is 0 Å². The van der Waals surface area contributed by atoms with E-state index in [1.807, 2.05) is 45.9 Å². The highest BCUT2D eigenvalue weighted by Crippen LogP contribution is 2.44. The van der Waals surface area contributed by atoms with Crippen molar-refractivity contribution in [1.82, 2.24) is 9.88 Å². The number of aromatic nitrogens is 1. The zero-order valence-corrected chi connectivity index (χ0v) is 40.0. The number of esters is 1. The summed E-state index contributed by atoms with van der Waals surface area (Å²) < 4.78 is 29.6. The number of carbonyl (C=O) groups excluding carboxylic acids is 3. The molecule has 1 aliphatic carbocycles. The Morgan fingerprint density at radius 3 is 2.26 bits per heavy atom. The van der Waals surface area contributed by atoms with Gasteiger partial charge in [0.05, 0.1) is 40.8 Å². The predicted octanol–water partition coefficient (Wildman–Crippen LogP) is 10.1. The maximum Gasteiger partial charge on any atom is 0.410 e. The van der Waals surface area contributed by atoms with Gasteiger partial charge in [-0.2, -0.15) is 0 Å². The van der Waals surface area contributed by atoms with Crippen LogP contribution < -0.4 is 14.4 Å². The molecule has 0 spiro atoms. The smallest absolute Gasteiger partial charge is 0.410 e. The predicted molar refractivity (Wildman–Crippen MR) is 239 cm³/mol. The fourth-order valence-electron chi connectivity index (χ4n) is 8.90. The monoisotopic (exact) mass is 1060 g/mol. The number of amides is 1. The van der Waals surface area contributed by atoms with Crippen molar-refractivity contribution in [3.63, 3.8) is 0 Å². The maximum atomic E-state index is 14.4.